The van der Waals surface area contributed by atoms with Crippen molar-refractivity contribution in [2.75, 3.05) is 26.2 Å². The molecular formula is C16H26Cl3FN2. The lowest BCUT2D eigenvalue weighted by molar-refractivity contribution is 0.125. The molecule has 2 atom stereocenters. The van der Waals surface area contributed by atoms with E-state index in [1.54, 1.807) is 13.0 Å². The van der Waals surface area contributed by atoms with Crippen molar-refractivity contribution in [3.8, 4) is 0 Å². The quantitative estimate of drug-likeness (QED) is 0.830. The highest BCUT2D eigenvalue weighted by molar-refractivity contribution is 6.31. The summed E-state index contributed by atoms with van der Waals surface area (Å²) >= 11 is 6.33. The number of nitrogens with one attached hydrogen (secondary N) is 1. The molecule has 1 N–H and O–H groups in total. The molecule has 1 aliphatic heterocycles. The zero-order valence-corrected chi connectivity index (χ0v) is 15.8. The minimum atomic E-state index is -0.138. The van der Waals surface area contributed by atoms with E-state index in [9.17, 15) is 4.39 Å². The zero-order valence-electron chi connectivity index (χ0n) is 13.4. The predicted octanol–water partition coefficient (Wildman–Crippen LogP) is 4.62. The molecule has 128 valence electrons. The van der Waals surface area contributed by atoms with Crippen LogP contribution in [0.15, 0.2) is 12.1 Å². The lowest BCUT2D eigenvalue weighted by Gasteiger charge is -2.39. The summed E-state index contributed by atoms with van der Waals surface area (Å²) in [5.41, 5.74) is 1.36. The molecule has 1 fully saturated rings. The van der Waals surface area contributed by atoms with Gasteiger partial charge in [-0.25, -0.2) is 4.39 Å². The minimum Gasteiger partial charge on any atom is -0.314 e. The van der Waals surface area contributed by atoms with Crippen LogP contribution in [0.2, 0.25) is 5.02 Å². The van der Waals surface area contributed by atoms with Crippen molar-refractivity contribution in [2.45, 2.75) is 33.2 Å². The van der Waals surface area contributed by atoms with Crippen LogP contribution in [-0.2, 0) is 0 Å². The van der Waals surface area contributed by atoms with Gasteiger partial charge in [0, 0.05) is 42.8 Å². The van der Waals surface area contributed by atoms with Gasteiger partial charge in [0.15, 0.2) is 0 Å². The monoisotopic (exact) mass is 370 g/mol. The van der Waals surface area contributed by atoms with E-state index in [4.69, 9.17) is 11.6 Å². The molecule has 1 aliphatic rings. The third kappa shape index (κ3) is 4.72. The molecule has 2 nitrogen and oxygen atoms in total. The standard InChI is InChI=1S/C16H24ClFN2.2ClH/c1-4-11(2)16(20-9-7-19-8-10-20)14-13(17)6-5-12(3)15(14)18;;/h5-6,11,16,19H,4,7-10H2,1-3H3;2*1H/t11?,16-;;/m1../s1. The molecule has 1 aromatic rings. The largest absolute Gasteiger partial charge is 0.314 e. The highest BCUT2D eigenvalue weighted by Crippen LogP contribution is 2.37. The Bertz CT molecular complexity index is 465. The molecular weight excluding hydrogens is 346 g/mol. The number of aryl methyl sites for hydroxylation is 1. The van der Waals surface area contributed by atoms with Crippen LogP contribution >= 0.6 is 36.4 Å². The summed E-state index contributed by atoms with van der Waals surface area (Å²) < 4.78 is 14.6. The number of nitrogens with zero attached hydrogens (tertiary/aromatic N) is 1. The van der Waals surface area contributed by atoms with Crippen LogP contribution in [0.3, 0.4) is 0 Å². The number of hydrogen-bond donors (Lipinski definition) is 1. The Hall–Kier alpha value is -0.0600. The third-order valence-corrected chi connectivity index (χ3v) is 4.67. The van der Waals surface area contributed by atoms with Crippen molar-refractivity contribution in [1.82, 2.24) is 10.2 Å². The fourth-order valence-electron chi connectivity index (χ4n) is 2.96. The van der Waals surface area contributed by atoms with E-state index in [1.807, 2.05) is 6.07 Å². The topological polar surface area (TPSA) is 15.3 Å². The molecule has 0 bridgehead atoms. The number of rotatable bonds is 4. The summed E-state index contributed by atoms with van der Waals surface area (Å²) in [6.07, 6.45) is 1.01. The molecule has 0 spiro atoms. The van der Waals surface area contributed by atoms with Crippen LogP contribution in [0.25, 0.3) is 0 Å². The van der Waals surface area contributed by atoms with Gasteiger partial charge in [0.1, 0.15) is 5.82 Å². The first kappa shape index (κ1) is 21.9. The molecule has 1 aromatic carbocycles. The van der Waals surface area contributed by atoms with Crippen molar-refractivity contribution in [3.63, 3.8) is 0 Å². The molecule has 1 unspecified atom stereocenters. The second-order valence-corrected chi connectivity index (χ2v) is 6.12. The van der Waals surface area contributed by atoms with Gasteiger partial charge in [-0.05, 0) is 24.5 Å². The first-order valence-corrected chi connectivity index (χ1v) is 7.83. The highest BCUT2D eigenvalue weighted by atomic mass is 35.5. The highest BCUT2D eigenvalue weighted by Gasteiger charge is 2.30. The van der Waals surface area contributed by atoms with Crippen molar-refractivity contribution in [1.29, 1.82) is 0 Å². The fourth-order valence-corrected chi connectivity index (χ4v) is 3.22. The number of piperazine rings is 1. The van der Waals surface area contributed by atoms with Crippen molar-refractivity contribution in [3.05, 3.63) is 34.1 Å². The zero-order chi connectivity index (χ0) is 14.7. The van der Waals surface area contributed by atoms with Crippen LogP contribution in [0.4, 0.5) is 4.39 Å². The van der Waals surface area contributed by atoms with E-state index in [2.05, 4.69) is 24.1 Å². The smallest absolute Gasteiger partial charge is 0.132 e. The van der Waals surface area contributed by atoms with Gasteiger partial charge in [-0.15, -0.1) is 24.8 Å². The van der Waals surface area contributed by atoms with Crippen LogP contribution in [0.5, 0.6) is 0 Å². The van der Waals surface area contributed by atoms with Crippen LogP contribution in [-0.4, -0.2) is 31.1 Å². The van der Waals surface area contributed by atoms with Gasteiger partial charge >= 0.3 is 0 Å². The average Bonchev–Trinajstić information content (AvgIpc) is 2.48. The van der Waals surface area contributed by atoms with Gasteiger partial charge in [-0.2, -0.15) is 0 Å². The van der Waals surface area contributed by atoms with E-state index in [0.29, 0.717) is 22.1 Å². The van der Waals surface area contributed by atoms with Gasteiger partial charge in [0.2, 0.25) is 0 Å². The van der Waals surface area contributed by atoms with Crippen LogP contribution < -0.4 is 5.32 Å². The van der Waals surface area contributed by atoms with Gasteiger partial charge < -0.3 is 5.32 Å². The summed E-state index contributed by atoms with van der Waals surface area (Å²) in [4.78, 5) is 2.37. The normalized spacial score (nSPS) is 18.0. The molecule has 2 rings (SSSR count). The van der Waals surface area contributed by atoms with Crippen molar-refractivity contribution in [2.24, 2.45) is 5.92 Å². The van der Waals surface area contributed by atoms with Gasteiger partial charge in [0.05, 0.1) is 0 Å². The second-order valence-electron chi connectivity index (χ2n) is 5.71. The van der Waals surface area contributed by atoms with Crippen LogP contribution in [0, 0.1) is 18.7 Å². The van der Waals surface area contributed by atoms with E-state index < -0.39 is 0 Å². The minimum absolute atomic E-state index is 0. The van der Waals surface area contributed by atoms with Crippen molar-refractivity contribution >= 4 is 36.4 Å². The van der Waals surface area contributed by atoms with Crippen LogP contribution in [0.1, 0.15) is 37.4 Å². The number of benzene rings is 1. The molecule has 0 aliphatic carbocycles. The molecule has 0 saturated carbocycles. The Balaban J connectivity index is 0.00000220. The summed E-state index contributed by atoms with van der Waals surface area (Å²) in [5.74, 6) is 0.239. The second kappa shape index (κ2) is 9.94. The molecule has 0 amide bonds. The van der Waals surface area contributed by atoms with Gasteiger partial charge in [0.25, 0.3) is 0 Å². The average molecular weight is 372 g/mol. The Kier molecular flexibility index (Phi) is 9.91. The lowest BCUT2D eigenvalue weighted by Crippen LogP contribution is -2.47. The third-order valence-electron chi connectivity index (χ3n) is 4.34. The maximum Gasteiger partial charge on any atom is 0.132 e. The van der Waals surface area contributed by atoms with Gasteiger partial charge in [-0.1, -0.05) is 37.9 Å². The molecule has 1 heterocycles. The first-order chi connectivity index (χ1) is 9.56. The SMILES string of the molecule is CCC(C)[C@H](c1c(Cl)ccc(C)c1F)N1CCNCC1.Cl.Cl. The number of hydrogen-bond acceptors (Lipinski definition) is 2. The Morgan fingerprint density at radius 1 is 1.27 bits per heavy atom. The Morgan fingerprint density at radius 3 is 2.41 bits per heavy atom. The van der Waals surface area contributed by atoms with E-state index in [0.717, 1.165) is 32.6 Å². The molecule has 1 saturated heterocycles. The lowest BCUT2D eigenvalue weighted by atomic mass is 9.89. The van der Waals surface area contributed by atoms with Gasteiger partial charge in [-0.3, -0.25) is 4.90 Å². The summed E-state index contributed by atoms with van der Waals surface area (Å²) in [5, 5.41) is 3.90. The van der Waals surface area contributed by atoms with E-state index in [1.165, 1.54) is 0 Å². The van der Waals surface area contributed by atoms with E-state index >= 15 is 0 Å². The molecule has 22 heavy (non-hydrogen) atoms. The van der Waals surface area contributed by atoms with E-state index in [-0.39, 0.29) is 36.7 Å². The maximum absolute atomic E-state index is 14.6. The summed E-state index contributed by atoms with van der Waals surface area (Å²) in [6.45, 7) is 9.94. The Labute approximate surface area is 150 Å². The Morgan fingerprint density at radius 2 is 1.86 bits per heavy atom. The molecule has 6 heteroatoms. The first-order valence-electron chi connectivity index (χ1n) is 7.45. The molecule has 0 aromatic heterocycles. The maximum atomic E-state index is 14.6. The van der Waals surface area contributed by atoms with Crippen molar-refractivity contribution < 1.29 is 4.39 Å². The fraction of sp³-hybridized carbons (Fsp3) is 0.625. The predicted molar refractivity (Wildman–Crippen MR) is 97.3 cm³/mol. The summed E-state index contributed by atoms with van der Waals surface area (Å²) in [6, 6.07) is 3.65. The molecule has 0 radical (unpaired) electrons. The summed E-state index contributed by atoms with van der Waals surface area (Å²) in [7, 11) is 0. The number of halogens is 4.